The van der Waals surface area contributed by atoms with Crippen molar-refractivity contribution in [2.24, 2.45) is 7.05 Å². The molecule has 0 saturated heterocycles. The number of hydrogen-bond acceptors (Lipinski definition) is 4. The molecular weight excluding hydrogens is 320 g/mol. The van der Waals surface area contributed by atoms with E-state index in [-0.39, 0.29) is 5.97 Å². The molecule has 0 spiro atoms. The van der Waals surface area contributed by atoms with E-state index in [4.69, 9.17) is 4.74 Å². The van der Waals surface area contributed by atoms with E-state index in [0.29, 0.717) is 5.75 Å². The summed E-state index contributed by atoms with van der Waals surface area (Å²) in [6.45, 7) is 3.53. The first-order valence-electron chi connectivity index (χ1n) is 7.92. The molecule has 5 heteroatoms. The summed E-state index contributed by atoms with van der Waals surface area (Å²) in [5.74, 6) is 1.13. The molecule has 0 aliphatic carbocycles. The van der Waals surface area contributed by atoms with Gasteiger partial charge in [-0.1, -0.05) is 31.2 Å². The number of aromatic nitrogens is 2. The van der Waals surface area contributed by atoms with Crippen molar-refractivity contribution in [3.63, 3.8) is 0 Å². The summed E-state index contributed by atoms with van der Waals surface area (Å²) < 4.78 is 7.33. The minimum Gasteiger partial charge on any atom is -0.426 e. The molecule has 4 nitrogen and oxygen atoms in total. The second-order valence-corrected chi connectivity index (χ2v) is 6.68. The Morgan fingerprint density at radius 1 is 1.25 bits per heavy atom. The number of hydrogen-bond donors (Lipinski definition) is 0. The number of nitrogens with zero attached hydrogens (tertiary/aromatic N) is 2. The van der Waals surface area contributed by atoms with Gasteiger partial charge in [-0.3, -0.25) is 9.48 Å². The molecule has 1 heterocycles. The Morgan fingerprint density at radius 3 is 2.75 bits per heavy atom. The summed E-state index contributed by atoms with van der Waals surface area (Å²) in [7, 11) is 1.97. The molecule has 3 rings (SSSR count). The Morgan fingerprint density at radius 2 is 2.04 bits per heavy atom. The van der Waals surface area contributed by atoms with Gasteiger partial charge in [0, 0.05) is 35.7 Å². The van der Waals surface area contributed by atoms with Crippen molar-refractivity contribution in [3.05, 3.63) is 53.9 Å². The lowest BCUT2D eigenvalue weighted by Gasteiger charge is -2.10. The molecule has 3 aromatic rings. The fourth-order valence-corrected chi connectivity index (χ4v) is 3.59. The highest BCUT2D eigenvalue weighted by Gasteiger charge is 2.09. The molecule has 0 aliphatic rings. The van der Waals surface area contributed by atoms with E-state index in [9.17, 15) is 4.79 Å². The van der Waals surface area contributed by atoms with Crippen LogP contribution in [0.4, 0.5) is 0 Å². The smallest absolute Gasteiger partial charge is 0.308 e. The van der Waals surface area contributed by atoms with Crippen LogP contribution in [-0.4, -0.2) is 15.7 Å². The fraction of sp³-hybridized carbons (Fsp3) is 0.263. The molecule has 0 amide bonds. The summed E-state index contributed by atoms with van der Waals surface area (Å²) in [5, 5.41) is 6.50. The molecule has 0 atom stereocenters. The molecular formula is C19H20N2O2S. The van der Waals surface area contributed by atoms with Crippen molar-refractivity contribution in [3.8, 4) is 5.75 Å². The zero-order valence-electron chi connectivity index (χ0n) is 14.1. The summed E-state index contributed by atoms with van der Waals surface area (Å²) in [6.07, 6.45) is 0.936. The van der Waals surface area contributed by atoms with Crippen LogP contribution in [0.3, 0.4) is 0 Å². The maximum Gasteiger partial charge on any atom is 0.308 e. The maximum atomic E-state index is 11.4. The van der Waals surface area contributed by atoms with Gasteiger partial charge in [-0.25, -0.2) is 0 Å². The molecule has 1 aromatic heterocycles. The lowest BCUT2D eigenvalue weighted by atomic mass is 10.1. The standard InChI is InChI=1S/C19H20N2O2S/c1-4-15-10-16(21(3)20-15)12-24-17-9-14-7-5-6-8-18(14)19(11-17)23-13(2)22/h5-11H,4,12H2,1-3H3. The van der Waals surface area contributed by atoms with Crippen molar-refractivity contribution < 1.29 is 9.53 Å². The largest absolute Gasteiger partial charge is 0.426 e. The lowest BCUT2D eigenvalue weighted by Crippen LogP contribution is -2.02. The van der Waals surface area contributed by atoms with E-state index in [1.807, 2.05) is 42.1 Å². The first-order chi connectivity index (χ1) is 11.6. The van der Waals surface area contributed by atoms with Crippen molar-refractivity contribution in [1.82, 2.24) is 9.78 Å². The van der Waals surface area contributed by atoms with Gasteiger partial charge in [0.1, 0.15) is 5.75 Å². The quantitative estimate of drug-likeness (QED) is 0.393. The molecule has 0 radical (unpaired) electrons. The minimum absolute atomic E-state index is 0.304. The van der Waals surface area contributed by atoms with E-state index >= 15 is 0 Å². The number of esters is 1. The average molecular weight is 340 g/mol. The average Bonchev–Trinajstić information content (AvgIpc) is 2.92. The summed E-state index contributed by atoms with van der Waals surface area (Å²) in [4.78, 5) is 12.5. The zero-order chi connectivity index (χ0) is 17.1. The molecule has 0 N–H and O–H groups in total. The molecule has 0 aliphatic heterocycles. The highest BCUT2D eigenvalue weighted by molar-refractivity contribution is 7.98. The molecule has 0 unspecified atom stereocenters. The number of ether oxygens (including phenoxy) is 1. The van der Waals surface area contributed by atoms with E-state index in [2.05, 4.69) is 24.2 Å². The maximum absolute atomic E-state index is 11.4. The van der Waals surface area contributed by atoms with Crippen LogP contribution in [0.25, 0.3) is 10.8 Å². The minimum atomic E-state index is -0.304. The second kappa shape index (κ2) is 7.09. The van der Waals surface area contributed by atoms with Crippen molar-refractivity contribution in [1.29, 1.82) is 0 Å². The molecule has 0 bridgehead atoms. The first-order valence-corrected chi connectivity index (χ1v) is 8.91. The Labute approximate surface area is 145 Å². The number of aryl methyl sites for hydroxylation is 2. The van der Waals surface area contributed by atoms with E-state index in [1.165, 1.54) is 12.6 Å². The van der Waals surface area contributed by atoms with Crippen LogP contribution in [0.1, 0.15) is 25.2 Å². The number of benzene rings is 2. The predicted octanol–water partition coefficient (Wildman–Crippen LogP) is 4.35. The third kappa shape index (κ3) is 3.62. The van der Waals surface area contributed by atoms with Crippen LogP contribution in [0.5, 0.6) is 5.75 Å². The molecule has 2 aromatic carbocycles. The number of thioether (sulfide) groups is 1. The molecule has 0 saturated carbocycles. The topological polar surface area (TPSA) is 44.1 Å². The van der Waals surface area contributed by atoms with Crippen LogP contribution in [0.15, 0.2) is 47.4 Å². The van der Waals surface area contributed by atoms with Crippen molar-refractivity contribution in [2.45, 2.75) is 30.9 Å². The Hall–Kier alpha value is -2.27. The van der Waals surface area contributed by atoms with Gasteiger partial charge in [0.15, 0.2) is 0 Å². The van der Waals surface area contributed by atoms with Gasteiger partial charge in [0.2, 0.25) is 0 Å². The highest BCUT2D eigenvalue weighted by Crippen LogP contribution is 2.33. The van der Waals surface area contributed by atoms with Crippen molar-refractivity contribution >= 4 is 28.5 Å². The fourth-order valence-electron chi connectivity index (χ4n) is 2.61. The van der Waals surface area contributed by atoms with Crippen molar-refractivity contribution in [2.75, 3.05) is 0 Å². The van der Waals surface area contributed by atoms with Crippen LogP contribution in [0, 0.1) is 0 Å². The van der Waals surface area contributed by atoms with Gasteiger partial charge >= 0.3 is 5.97 Å². The summed E-state index contributed by atoms with van der Waals surface area (Å²) in [6, 6.07) is 14.1. The Kier molecular flexibility index (Phi) is 4.90. The van der Waals surface area contributed by atoms with E-state index < -0.39 is 0 Å². The van der Waals surface area contributed by atoms with Crippen LogP contribution in [-0.2, 0) is 24.0 Å². The number of carbonyl (C=O) groups is 1. The van der Waals surface area contributed by atoms with Crippen LogP contribution in [0.2, 0.25) is 0 Å². The summed E-state index contributed by atoms with van der Waals surface area (Å²) in [5.41, 5.74) is 2.28. The van der Waals surface area contributed by atoms with Crippen LogP contribution >= 0.6 is 11.8 Å². The zero-order valence-corrected chi connectivity index (χ0v) is 14.9. The third-order valence-electron chi connectivity index (χ3n) is 3.83. The van der Waals surface area contributed by atoms with E-state index in [1.54, 1.807) is 11.8 Å². The molecule has 24 heavy (non-hydrogen) atoms. The van der Waals surface area contributed by atoms with Gasteiger partial charge in [-0.15, -0.1) is 11.8 Å². The number of fused-ring (bicyclic) bond motifs is 1. The van der Waals surface area contributed by atoms with Gasteiger partial charge in [-0.05, 0) is 30.0 Å². The number of carbonyl (C=O) groups excluding carboxylic acids is 1. The Bertz CT molecular complexity index is 886. The second-order valence-electron chi connectivity index (χ2n) is 5.63. The first kappa shape index (κ1) is 16.6. The normalized spacial score (nSPS) is 11.0. The Balaban J connectivity index is 1.88. The SMILES string of the molecule is CCc1cc(CSc2cc(OC(C)=O)c3ccccc3c2)n(C)n1. The molecule has 0 fully saturated rings. The summed E-state index contributed by atoms with van der Waals surface area (Å²) >= 11 is 1.72. The highest BCUT2D eigenvalue weighted by atomic mass is 32.2. The van der Waals surface area contributed by atoms with Gasteiger partial charge in [0.05, 0.1) is 5.69 Å². The third-order valence-corrected chi connectivity index (χ3v) is 4.84. The van der Waals surface area contributed by atoms with E-state index in [0.717, 1.165) is 33.5 Å². The lowest BCUT2D eigenvalue weighted by molar-refractivity contribution is -0.131. The predicted molar refractivity (Wildman–Crippen MR) is 97.4 cm³/mol. The monoisotopic (exact) mass is 340 g/mol. The van der Waals surface area contributed by atoms with Gasteiger partial charge in [-0.2, -0.15) is 5.10 Å². The van der Waals surface area contributed by atoms with Gasteiger partial charge in [0.25, 0.3) is 0 Å². The number of rotatable bonds is 5. The van der Waals surface area contributed by atoms with Crippen LogP contribution < -0.4 is 4.74 Å². The molecule has 124 valence electrons. The van der Waals surface area contributed by atoms with Gasteiger partial charge < -0.3 is 4.74 Å².